The molecule has 0 radical (unpaired) electrons. The highest BCUT2D eigenvalue weighted by atomic mass is 16.5. The van der Waals surface area contributed by atoms with Gasteiger partial charge in [0.05, 0.1) is 12.1 Å². The van der Waals surface area contributed by atoms with Crippen molar-refractivity contribution in [2.24, 2.45) is 0 Å². The molecule has 3 aromatic carbocycles. The van der Waals surface area contributed by atoms with E-state index in [0.29, 0.717) is 18.8 Å². The minimum atomic E-state index is 0.0796. The number of fused-ring (bicyclic) bond motifs is 2. The molecule has 196 valence electrons. The van der Waals surface area contributed by atoms with Crippen LogP contribution in [0.4, 0.5) is 11.4 Å². The summed E-state index contributed by atoms with van der Waals surface area (Å²) in [4.78, 5) is 16.7. The van der Waals surface area contributed by atoms with Crippen LogP contribution in [0.5, 0.6) is 11.5 Å². The summed E-state index contributed by atoms with van der Waals surface area (Å²) in [7, 11) is 0. The standard InChI is InChI=1S/C31H34N4O3/c36-25-5-1-4-23(20-25)22-35-14-12-27-29(6-2-7-30(27)35)34-17-15-33(16-18-34)13-3-19-38-26-10-8-24-9-11-31(37)32-28(24)21-26/h1-2,4-8,10,12,14,20-21,36H,3,9,11,13,15-19,22H2,(H,32,37). The number of ether oxygens (including phenoxy) is 1. The van der Waals surface area contributed by atoms with E-state index in [0.717, 1.165) is 69.1 Å². The summed E-state index contributed by atoms with van der Waals surface area (Å²) in [6.45, 7) is 6.48. The van der Waals surface area contributed by atoms with Gasteiger partial charge in [-0.2, -0.15) is 0 Å². The largest absolute Gasteiger partial charge is 0.508 e. The Morgan fingerprint density at radius 3 is 2.66 bits per heavy atom. The van der Waals surface area contributed by atoms with Crippen molar-refractivity contribution in [1.29, 1.82) is 0 Å². The van der Waals surface area contributed by atoms with Crippen LogP contribution in [-0.2, 0) is 17.8 Å². The van der Waals surface area contributed by atoms with Gasteiger partial charge in [0.25, 0.3) is 0 Å². The van der Waals surface area contributed by atoms with Crippen LogP contribution in [0.15, 0.2) is 72.9 Å². The van der Waals surface area contributed by atoms with Crippen LogP contribution in [0.1, 0.15) is 24.0 Å². The third kappa shape index (κ3) is 5.34. The summed E-state index contributed by atoms with van der Waals surface area (Å²) in [6.07, 6.45) is 4.47. The average molecular weight is 511 g/mol. The molecule has 1 saturated heterocycles. The molecule has 0 aliphatic carbocycles. The number of phenols is 1. The number of piperazine rings is 1. The fourth-order valence-corrected chi connectivity index (χ4v) is 5.60. The SMILES string of the molecule is O=C1CCc2ccc(OCCCN3CCN(c4cccc5c4ccn5Cc4cccc(O)c4)CC3)cc2N1. The topological polar surface area (TPSA) is 70.0 Å². The molecule has 38 heavy (non-hydrogen) atoms. The van der Waals surface area contributed by atoms with E-state index < -0.39 is 0 Å². The van der Waals surface area contributed by atoms with E-state index >= 15 is 0 Å². The quantitative estimate of drug-likeness (QED) is 0.331. The molecule has 0 bridgehead atoms. The maximum absolute atomic E-state index is 11.7. The van der Waals surface area contributed by atoms with Crippen LogP contribution in [0.2, 0.25) is 0 Å². The second kappa shape index (κ2) is 10.8. The summed E-state index contributed by atoms with van der Waals surface area (Å²) in [6, 6.07) is 22.2. The van der Waals surface area contributed by atoms with E-state index in [2.05, 4.69) is 56.2 Å². The van der Waals surface area contributed by atoms with Crippen LogP contribution < -0.4 is 15.0 Å². The third-order valence-electron chi connectivity index (χ3n) is 7.63. The molecule has 6 rings (SSSR count). The molecular formula is C31H34N4O3. The van der Waals surface area contributed by atoms with Gasteiger partial charge >= 0.3 is 0 Å². The molecule has 0 atom stereocenters. The second-order valence-electron chi connectivity index (χ2n) is 10.2. The van der Waals surface area contributed by atoms with Crippen molar-refractivity contribution in [1.82, 2.24) is 9.47 Å². The third-order valence-corrected chi connectivity index (χ3v) is 7.63. The molecule has 7 heteroatoms. The zero-order valence-corrected chi connectivity index (χ0v) is 21.6. The van der Waals surface area contributed by atoms with Gasteiger partial charge in [0.1, 0.15) is 11.5 Å². The van der Waals surface area contributed by atoms with Crippen molar-refractivity contribution in [3.63, 3.8) is 0 Å². The predicted molar refractivity (Wildman–Crippen MR) is 151 cm³/mol. The number of benzene rings is 3. The van der Waals surface area contributed by atoms with E-state index in [-0.39, 0.29) is 5.91 Å². The van der Waals surface area contributed by atoms with Gasteiger partial charge in [0.15, 0.2) is 0 Å². The number of phenolic OH excluding ortho intramolecular Hbond substituents is 1. The van der Waals surface area contributed by atoms with E-state index in [9.17, 15) is 9.90 Å². The number of aryl methyl sites for hydroxylation is 1. The monoisotopic (exact) mass is 510 g/mol. The maximum atomic E-state index is 11.7. The normalized spacial score (nSPS) is 15.9. The first-order chi connectivity index (χ1) is 18.6. The Morgan fingerprint density at radius 1 is 0.921 bits per heavy atom. The van der Waals surface area contributed by atoms with Gasteiger partial charge < -0.3 is 24.6 Å². The summed E-state index contributed by atoms with van der Waals surface area (Å²) in [5.41, 5.74) is 5.66. The maximum Gasteiger partial charge on any atom is 0.224 e. The fourth-order valence-electron chi connectivity index (χ4n) is 5.60. The number of carbonyl (C=O) groups excluding carboxylic acids is 1. The molecule has 2 N–H and O–H groups in total. The molecule has 0 spiro atoms. The zero-order valence-electron chi connectivity index (χ0n) is 21.6. The average Bonchev–Trinajstić information content (AvgIpc) is 3.34. The Labute approximate surface area is 223 Å². The van der Waals surface area contributed by atoms with E-state index in [4.69, 9.17) is 4.74 Å². The number of hydrogen-bond donors (Lipinski definition) is 2. The first-order valence-electron chi connectivity index (χ1n) is 13.5. The van der Waals surface area contributed by atoms with Crippen molar-refractivity contribution >= 4 is 28.2 Å². The number of amides is 1. The highest BCUT2D eigenvalue weighted by Gasteiger charge is 2.20. The minimum absolute atomic E-state index is 0.0796. The number of aromatic nitrogens is 1. The molecule has 0 saturated carbocycles. The van der Waals surface area contributed by atoms with Gasteiger partial charge in [0, 0.05) is 74.7 Å². The van der Waals surface area contributed by atoms with Crippen LogP contribution in [-0.4, -0.2) is 59.8 Å². The Hall–Kier alpha value is -3.97. The smallest absolute Gasteiger partial charge is 0.224 e. The highest BCUT2D eigenvalue weighted by molar-refractivity contribution is 5.94. The minimum Gasteiger partial charge on any atom is -0.508 e. The van der Waals surface area contributed by atoms with Crippen LogP contribution in [0, 0.1) is 0 Å². The summed E-state index contributed by atoms with van der Waals surface area (Å²) < 4.78 is 8.23. The molecule has 4 aromatic rings. The van der Waals surface area contributed by atoms with Crippen LogP contribution in [0.25, 0.3) is 10.9 Å². The lowest BCUT2D eigenvalue weighted by atomic mass is 10.0. The van der Waals surface area contributed by atoms with Gasteiger partial charge in [0.2, 0.25) is 5.91 Å². The number of hydrogen-bond acceptors (Lipinski definition) is 5. The number of aromatic hydroxyl groups is 1. The van der Waals surface area contributed by atoms with Gasteiger partial charge in [-0.1, -0.05) is 24.3 Å². The van der Waals surface area contributed by atoms with Crippen LogP contribution in [0.3, 0.4) is 0 Å². The van der Waals surface area contributed by atoms with E-state index in [1.54, 1.807) is 6.07 Å². The molecule has 2 aliphatic rings. The Bertz CT molecular complexity index is 1440. The first-order valence-corrected chi connectivity index (χ1v) is 13.5. The molecule has 3 heterocycles. The van der Waals surface area contributed by atoms with E-state index in [1.165, 1.54) is 22.2 Å². The predicted octanol–water partition coefficient (Wildman–Crippen LogP) is 4.87. The summed E-state index contributed by atoms with van der Waals surface area (Å²) in [5.74, 6) is 1.20. The van der Waals surface area contributed by atoms with Crippen LogP contribution >= 0.6 is 0 Å². The van der Waals surface area contributed by atoms with Gasteiger partial charge in [-0.15, -0.1) is 0 Å². The van der Waals surface area contributed by atoms with Gasteiger partial charge in [-0.05, 0) is 60.4 Å². The van der Waals surface area contributed by atoms with Gasteiger partial charge in [-0.3, -0.25) is 9.69 Å². The number of anilines is 2. The Balaban J connectivity index is 1.00. The highest BCUT2D eigenvalue weighted by Crippen LogP contribution is 2.30. The summed E-state index contributed by atoms with van der Waals surface area (Å²) >= 11 is 0. The lowest BCUT2D eigenvalue weighted by molar-refractivity contribution is -0.116. The molecule has 7 nitrogen and oxygen atoms in total. The molecule has 1 amide bonds. The Morgan fingerprint density at radius 2 is 1.79 bits per heavy atom. The molecule has 0 unspecified atom stereocenters. The Kier molecular flexibility index (Phi) is 6.92. The first kappa shape index (κ1) is 24.4. The van der Waals surface area contributed by atoms with Crippen molar-refractivity contribution in [2.45, 2.75) is 25.8 Å². The number of carbonyl (C=O) groups is 1. The summed E-state index contributed by atoms with van der Waals surface area (Å²) in [5, 5.41) is 14.0. The lowest BCUT2D eigenvalue weighted by Crippen LogP contribution is -2.46. The van der Waals surface area contributed by atoms with Crippen molar-refractivity contribution in [3.8, 4) is 11.5 Å². The molecule has 2 aliphatic heterocycles. The van der Waals surface area contributed by atoms with Gasteiger partial charge in [-0.25, -0.2) is 0 Å². The van der Waals surface area contributed by atoms with E-state index in [1.807, 2.05) is 30.3 Å². The number of nitrogens with zero attached hydrogens (tertiary/aromatic N) is 3. The molecule has 1 aromatic heterocycles. The molecular weight excluding hydrogens is 476 g/mol. The number of rotatable bonds is 8. The fraction of sp³-hybridized carbons (Fsp3) is 0.323. The number of nitrogens with one attached hydrogen (secondary N) is 1. The lowest BCUT2D eigenvalue weighted by Gasteiger charge is -2.36. The second-order valence-corrected chi connectivity index (χ2v) is 10.2. The van der Waals surface area contributed by atoms with Crippen molar-refractivity contribution in [2.75, 3.05) is 49.5 Å². The van der Waals surface area contributed by atoms with Crippen molar-refractivity contribution < 1.29 is 14.6 Å². The zero-order chi connectivity index (χ0) is 25.9. The van der Waals surface area contributed by atoms with Crippen molar-refractivity contribution in [3.05, 3.63) is 84.1 Å². The molecule has 1 fully saturated rings.